The summed E-state index contributed by atoms with van der Waals surface area (Å²) in [4.78, 5) is 7.17. The number of rotatable bonds is 4. The molecular weight excluding hydrogens is 386 g/mol. The van der Waals surface area contributed by atoms with Crippen LogP contribution in [0.2, 0.25) is 0 Å². The van der Waals surface area contributed by atoms with Crippen LogP contribution in [0.4, 0.5) is 17.1 Å². The van der Waals surface area contributed by atoms with Crippen LogP contribution in [0.25, 0.3) is 22.3 Å². The third-order valence-electron chi connectivity index (χ3n) is 5.55. The standard InChI is InChI=1S/C25H27N5O/c1-17-14-30(15-18(2)31-17)22-9-5-8-21(13-22)26-20-7-4-6-19(12-20)23-10-11-24-25(27-23)16-29(3)28-24/h4-13,16-18,26H,14-15H2,1-3H3/t17-,18+. The van der Waals surface area contributed by atoms with Crippen molar-refractivity contribution in [2.24, 2.45) is 7.05 Å². The Balaban J connectivity index is 1.38. The topological polar surface area (TPSA) is 55.2 Å². The zero-order chi connectivity index (χ0) is 21.4. The average molecular weight is 414 g/mol. The fraction of sp³-hybridized carbons (Fsp3) is 0.280. The molecule has 4 aromatic rings. The van der Waals surface area contributed by atoms with Gasteiger partial charge in [0.05, 0.1) is 24.1 Å². The van der Waals surface area contributed by atoms with E-state index in [0.29, 0.717) is 0 Å². The Hall–Kier alpha value is -3.38. The molecule has 0 amide bonds. The lowest BCUT2D eigenvalue weighted by molar-refractivity contribution is -0.00521. The highest BCUT2D eigenvalue weighted by Crippen LogP contribution is 2.28. The van der Waals surface area contributed by atoms with Gasteiger partial charge in [0.15, 0.2) is 0 Å². The molecule has 31 heavy (non-hydrogen) atoms. The summed E-state index contributed by atoms with van der Waals surface area (Å²) in [6, 6.07) is 21.0. The third-order valence-corrected chi connectivity index (χ3v) is 5.55. The van der Waals surface area contributed by atoms with Crippen LogP contribution >= 0.6 is 0 Å². The Morgan fingerprint density at radius 1 is 0.903 bits per heavy atom. The number of nitrogens with zero attached hydrogens (tertiary/aromatic N) is 4. The number of aryl methyl sites for hydroxylation is 1. The van der Waals surface area contributed by atoms with E-state index in [1.165, 1.54) is 5.69 Å². The lowest BCUT2D eigenvalue weighted by atomic mass is 10.1. The molecule has 6 heteroatoms. The zero-order valence-corrected chi connectivity index (χ0v) is 18.1. The molecule has 1 aliphatic heterocycles. The predicted molar refractivity (Wildman–Crippen MR) is 126 cm³/mol. The normalized spacial score (nSPS) is 19.0. The van der Waals surface area contributed by atoms with E-state index in [0.717, 1.165) is 46.8 Å². The van der Waals surface area contributed by atoms with Crippen molar-refractivity contribution < 1.29 is 4.74 Å². The van der Waals surface area contributed by atoms with Crippen LogP contribution in [0.15, 0.2) is 66.9 Å². The van der Waals surface area contributed by atoms with Crippen molar-refractivity contribution in [2.45, 2.75) is 26.1 Å². The first-order valence-corrected chi connectivity index (χ1v) is 10.7. The second-order valence-electron chi connectivity index (χ2n) is 8.32. The van der Waals surface area contributed by atoms with Gasteiger partial charge in [-0.25, -0.2) is 4.98 Å². The van der Waals surface area contributed by atoms with E-state index in [4.69, 9.17) is 9.72 Å². The fourth-order valence-corrected chi connectivity index (χ4v) is 4.28. The molecule has 0 bridgehead atoms. The van der Waals surface area contributed by atoms with Crippen molar-refractivity contribution in [1.29, 1.82) is 0 Å². The maximum Gasteiger partial charge on any atom is 0.111 e. The lowest BCUT2D eigenvalue weighted by Gasteiger charge is -2.37. The average Bonchev–Trinajstić information content (AvgIpc) is 3.13. The largest absolute Gasteiger partial charge is 0.372 e. The van der Waals surface area contributed by atoms with Gasteiger partial charge in [-0.1, -0.05) is 18.2 Å². The van der Waals surface area contributed by atoms with E-state index in [1.54, 1.807) is 4.68 Å². The number of fused-ring (bicyclic) bond motifs is 1. The van der Waals surface area contributed by atoms with Gasteiger partial charge in [-0.15, -0.1) is 0 Å². The van der Waals surface area contributed by atoms with Crippen molar-refractivity contribution in [3.05, 3.63) is 66.9 Å². The maximum absolute atomic E-state index is 5.88. The molecule has 1 saturated heterocycles. The first-order valence-electron chi connectivity index (χ1n) is 10.7. The van der Waals surface area contributed by atoms with Gasteiger partial charge in [0, 0.05) is 42.8 Å². The van der Waals surface area contributed by atoms with Gasteiger partial charge in [-0.05, 0) is 56.3 Å². The number of anilines is 3. The number of aromatic nitrogens is 3. The highest BCUT2D eigenvalue weighted by Gasteiger charge is 2.22. The van der Waals surface area contributed by atoms with E-state index < -0.39 is 0 Å². The molecule has 1 fully saturated rings. The number of nitrogens with one attached hydrogen (secondary N) is 1. The summed E-state index contributed by atoms with van der Waals surface area (Å²) in [7, 11) is 1.91. The molecule has 0 spiro atoms. The molecule has 1 aliphatic rings. The predicted octanol–water partition coefficient (Wildman–Crippen LogP) is 4.99. The molecule has 2 aromatic heterocycles. The summed E-state index contributed by atoms with van der Waals surface area (Å²) < 4.78 is 7.67. The molecule has 5 rings (SSSR count). The summed E-state index contributed by atoms with van der Waals surface area (Å²) in [6.07, 6.45) is 2.42. The molecule has 0 radical (unpaired) electrons. The van der Waals surface area contributed by atoms with E-state index in [-0.39, 0.29) is 12.2 Å². The van der Waals surface area contributed by atoms with Crippen LogP contribution < -0.4 is 10.2 Å². The van der Waals surface area contributed by atoms with Crippen LogP contribution in [-0.4, -0.2) is 40.1 Å². The summed E-state index contributed by atoms with van der Waals surface area (Å²) in [6.45, 7) is 6.08. The Morgan fingerprint density at radius 2 is 1.65 bits per heavy atom. The molecule has 2 aromatic carbocycles. The van der Waals surface area contributed by atoms with Crippen LogP contribution in [0.5, 0.6) is 0 Å². The molecular formula is C25H27N5O. The summed E-state index contributed by atoms with van der Waals surface area (Å²) in [5.74, 6) is 0. The van der Waals surface area contributed by atoms with Crippen LogP contribution in [0.3, 0.4) is 0 Å². The molecule has 6 nitrogen and oxygen atoms in total. The number of pyridine rings is 1. The molecule has 0 aliphatic carbocycles. The van der Waals surface area contributed by atoms with E-state index in [2.05, 4.69) is 77.7 Å². The smallest absolute Gasteiger partial charge is 0.111 e. The van der Waals surface area contributed by atoms with Crippen molar-refractivity contribution in [2.75, 3.05) is 23.3 Å². The second kappa shape index (κ2) is 8.04. The highest BCUT2D eigenvalue weighted by atomic mass is 16.5. The molecule has 0 saturated carbocycles. The first kappa shape index (κ1) is 19.6. The second-order valence-corrected chi connectivity index (χ2v) is 8.32. The van der Waals surface area contributed by atoms with Gasteiger partial charge in [-0.3, -0.25) is 4.68 Å². The number of morpholine rings is 1. The van der Waals surface area contributed by atoms with Crippen molar-refractivity contribution in [3.63, 3.8) is 0 Å². The number of hydrogen-bond donors (Lipinski definition) is 1. The monoisotopic (exact) mass is 413 g/mol. The molecule has 158 valence electrons. The van der Waals surface area contributed by atoms with E-state index in [1.807, 2.05) is 25.4 Å². The molecule has 1 N–H and O–H groups in total. The van der Waals surface area contributed by atoms with Gasteiger partial charge >= 0.3 is 0 Å². The lowest BCUT2D eigenvalue weighted by Crippen LogP contribution is -2.45. The minimum absolute atomic E-state index is 0.238. The quantitative estimate of drug-likeness (QED) is 0.511. The minimum Gasteiger partial charge on any atom is -0.372 e. The molecule has 3 heterocycles. The highest BCUT2D eigenvalue weighted by molar-refractivity contribution is 5.78. The van der Waals surface area contributed by atoms with Crippen molar-refractivity contribution in [3.8, 4) is 11.3 Å². The first-order chi connectivity index (χ1) is 15.0. The Kier molecular flexibility index (Phi) is 5.08. The zero-order valence-electron chi connectivity index (χ0n) is 18.1. The van der Waals surface area contributed by atoms with Gasteiger partial charge in [0.25, 0.3) is 0 Å². The van der Waals surface area contributed by atoms with Crippen LogP contribution in [0.1, 0.15) is 13.8 Å². The summed E-state index contributed by atoms with van der Waals surface area (Å²) in [5, 5.41) is 7.96. The van der Waals surface area contributed by atoms with Gasteiger partial charge in [0.1, 0.15) is 11.0 Å². The van der Waals surface area contributed by atoms with Crippen LogP contribution in [-0.2, 0) is 11.8 Å². The van der Waals surface area contributed by atoms with Gasteiger partial charge in [-0.2, -0.15) is 5.10 Å². The SMILES string of the molecule is C[C@@H]1CN(c2cccc(Nc3cccc(-c4ccc5nn(C)cc5n4)c3)c2)C[C@H](C)O1. The Bertz CT molecular complexity index is 1210. The Morgan fingerprint density at radius 3 is 2.45 bits per heavy atom. The summed E-state index contributed by atoms with van der Waals surface area (Å²) >= 11 is 0. The number of ether oxygens (including phenoxy) is 1. The van der Waals surface area contributed by atoms with Gasteiger partial charge < -0.3 is 15.0 Å². The summed E-state index contributed by atoms with van der Waals surface area (Å²) in [5.41, 5.74) is 7.14. The van der Waals surface area contributed by atoms with E-state index >= 15 is 0 Å². The molecule has 0 unspecified atom stereocenters. The van der Waals surface area contributed by atoms with Crippen molar-refractivity contribution in [1.82, 2.24) is 14.8 Å². The van der Waals surface area contributed by atoms with Crippen LogP contribution in [0, 0.1) is 0 Å². The van der Waals surface area contributed by atoms with Crippen molar-refractivity contribution >= 4 is 28.1 Å². The van der Waals surface area contributed by atoms with E-state index in [9.17, 15) is 0 Å². The minimum atomic E-state index is 0.238. The Labute approximate surface area is 182 Å². The third kappa shape index (κ3) is 4.25. The number of hydrogen-bond acceptors (Lipinski definition) is 5. The maximum atomic E-state index is 5.88. The van der Waals surface area contributed by atoms with Gasteiger partial charge in [0.2, 0.25) is 0 Å². The number of benzene rings is 2. The fourth-order valence-electron chi connectivity index (χ4n) is 4.28. The molecule has 2 atom stereocenters.